The Labute approximate surface area is 334 Å². The van der Waals surface area contributed by atoms with Crippen LogP contribution in [0.25, 0.3) is 22.0 Å². The number of pyridine rings is 2. The van der Waals surface area contributed by atoms with E-state index in [-0.39, 0.29) is 6.54 Å². The third-order valence-corrected chi connectivity index (χ3v) is 9.27. The van der Waals surface area contributed by atoms with Crippen LogP contribution in [0.1, 0.15) is 80.7 Å². The highest BCUT2D eigenvalue weighted by Gasteiger charge is 2.49. The number of amides is 2. The minimum atomic E-state index is -6.47. The van der Waals surface area contributed by atoms with E-state index in [0.29, 0.717) is 25.0 Å². The summed E-state index contributed by atoms with van der Waals surface area (Å²) in [6, 6.07) is -0.541. The van der Waals surface area contributed by atoms with Crippen molar-refractivity contribution in [3.05, 3.63) is 29.3 Å². The number of rotatable bonds is 10. The Morgan fingerprint density at radius 2 is 1.59 bits per heavy atom. The van der Waals surface area contributed by atoms with Gasteiger partial charge in [0.25, 0.3) is 0 Å². The molecule has 0 fully saturated rings. The Morgan fingerprint density at radius 1 is 0.983 bits per heavy atom. The summed E-state index contributed by atoms with van der Waals surface area (Å²) in [4.78, 5) is 35.4. The van der Waals surface area contributed by atoms with Gasteiger partial charge in [0.2, 0.25) is 11.8 Å². The molecule has 14 nitrogen and oxygen atoms in total. The van der Waals surface area contributed by atoms with Crippen LogP contribution in [0.15, 0.2) is 12.1 Å². The van der Waals surface area contributed by atoms with Crippen LogP contribution in [0.2, 0.25) is 0 Å². The Kier molecular flexibility index (Phi) is 13.0. The average Bonchev–Trinajstić information content (AvgIpc) is 3.16. The number of carbonyl (C=O) groups is 2. The van der Waals surface area contributed by atoms with Gasteiger partial charge in [0.15, 0.2) is 17.4 Å². The van der Waals surface area contributed by atoms with E-state index in [1.54, 1.807) is 27.7 Å². The molecule has 2 aromatic heterocycles. The highest BCUT2D eigenvalue weighted by atomic mass is 32.2. The molecule has 3 atom stereocenters. The standard InChI is InChI=1S/C36H43F8N5O9S/c1-11-12-16(2)49(32(51)57-34(8,9)10)15-22-18(4)54-30-24-23(17(3)29(48-28(24)46-22)58-59(52,53)36(42,43)44)25(38)26(47-30)20-13-19(45-31(50)56-33(5,6)7)14-21(37)27(20)55-35(39,40)41/h13-14,16,18,22H,11-12,15H2,1-10H3,(H,45,50)(H,46,48)/t16?,18?,22-/m0/s1. The highest BCUT2D eigenvalue weighted by Crippen LogP contribution is 2.46. The minimum absolute atomic E-state index is 0.276. The lowest BCUT2D eigenvalue weighted by molar-refractivity contribution is -0.275. The molecule has 2 N–H and O–H groups in total. The molecule has 1 aromatic carbocycles. The van der Waals surface area contributed by atoms with E-state index in [0.717, 1.165) is 6.92 Å². The first-order valence-electron chi connectivity index (χ1n) is 17.9. The number of benzene rings is 1. The number of carbonyl (C=O) groups excluding carboxylic acids is 2. The molecular weight excluding hydrogens is 830 g/mol. The molecule has 328 valence electrons. The van der Waals surface area contributed by atoms with Crippen LogP contribution < -0.4 is 24.3 Å². The third kappa shape index (κ3) is 11.1. The van der Waals surface area contributed by atoms with Crippen molar-refractivity contribution in [2.45, 2.75) is 123 Å². The minimum Gasteiger partial charge on any atom is -0.472 e. The predicted octanol–water partition coefficient (Wildman–Crippen LogP) is 9.34. The lowest BCUT2D eigenvalue weighted by atomic mass is 10.0. The smallest absolute Gasteiger partial charge is 0.472 e. The van der Waals surface area contributed by atoms with Crippen molar-refractivity contribution in [2.75, 3.05) is 17.2 Å². The fraction of sp³-hybridized carbons (Fsp3) is 0.556. The van der Waals surface area contributed by atoms with Gasteiger partial charge in [-0.05, 0) is 74.8 Å². The molecule has 0 bridgehead atoms. The molecule has 4 rings (SSSR count). The predicted molar refractivity (Wildman–Crippen MR) is 197 cm³/mol. The van der Waals surface area contributed by atoms with Crippen molar-refractivity contribution < 1.29 is 76.3 Å². The summed E-state index contributed by atoms with van der Waals surface area (Å²) in [5.74, 6) is -7.64. The quantitative estimate of drug-likeness (QED) is 0.113. The Hall–Kier alpha value is -5.09. The zero-order valence-corrected chi connectivity index (χ0v) is 34.3. The van der Waals surface area contributed by atoms with Crippen molar-refractivity contribution in [3.8, 4) is 28.8 Å². The molecule has 1 aliphatic rings. The van der Waals surface area contributed by atoms with Crippen LogP contribution >= 0.6 is 0 Å². The van der Waals surface area contributed by atoms with Gasteiger partial charge in [-0.2, -0.15) is 26.6 Å². The second-order valence-corrected chi connectivity index (χ2v) is 17.1. The Balaban J connectivity index is 2.05. The second-order valence-electron chi connectivity index (χ2n) is 15.6. The van der Waals surface area contributed by atoms with Gasteiger partial charge >= 0.3 is 34.2 Å². The number of nitrogens with zero attached hydrogens (tertiary/aromatic N) is 3. The maximum absolute atomic E-state index is 17.1. The number of alkyl halides is 6. The summed E-state index contributed by atoms with van der Waals surface area (Å²) in [5.41, 5.74) is -11.6. The number of hydrogen-bond donors (Lipinski definition) is 2. The molecule has 0 spiro atoms. The van der Waals surface area contributed by atoms with Gasteiger partial charge in [-0.1, -0.05) is 13.3 Å². The van der Waals surface area contributed by atoms with Crippen LogP contribution in [0, 0.1) is 18.6 Å². The van der Waals surface area contributed by atoms with Crippen molar-refractivity contribution in [1.82, 2.24) is 14.9 Å². The number of nitrogens with one attached hydrogen (secondary N) is 2. The number of anilines is 2. The van der Waals surface area contributed by atoms with Crippen molar-refractivity contribution in [3.63, 3.8) is 0 Å². The fourth-order valence-corrected chi connectivity index (χ4v) is 6.29. The van der Waals surface area contributed by atoms with Gasteiger partial charge in [0.1, 0.15) is 28.8 Å². The van der Waals surface area contributed by atoms with Gasteiger partial charge in [0, 0.05) is 35.3 Å². The first kappa shape index (κ1) is 46.6. The van der Waals surface area contributed by atoms with E-state index in [1.165, 1.54) is 32.6 Å². The zero-order chi connectivity index (χ0) is 44.8. The maximum atomic E-state index is 17.1. The maximum Gasteiger partial charge on any atom is 0.573 e. The molecule has 23 heteroatoms. The number of aryl methyl sites for hydroxylation is 1. The van der Waals surface area contributed by atoms with Gasteiger partial charge in [-0.3, -0.25) is 5.32 Å². The molecule has 0 radical (unpaired) electrons. The summed E-state index contributed by atoms with van der Waals surface area (Å²) in [7, 11) is -6.47. The third-order valence-electron chi connectivity index (χ3n) is 8.33. The van der Waals surface area contributed by atoms with Gasteiger partial charge in [0.05, 0.1) is 17.0 Å². The first-order valence-corrected chi connectivity index (χ1v) is 19.3. The van der Waals surface area contributed by atoms with Gasteiger partial charge in [-0.25, -0.2) is 23.4 Å². The van der Waals surface area contributed by atoms with Gasteiger partial charge < -0.3 is 33.3 Å². The van der Waals surface area contributed by atoms with E-state index in [4.69, 9.17) is 14.2 Å². The van der Waals surface area contributed by atoms with E-state index < -0.39 is 132 Å². The monoisotopic (exact) mass is 873 g/mol. The molecular formula is C36H43F8N5O9S. The number of hydrogen-bond acceptors (Lipinski definition) is 12. The van der Waals surface area contributed by atoms with Crippen LogP contribution in [0.4, 0.5) is 56.2 Å². The first-order chi connectivity index (χ1) is 26.8. The summed E-state index contributed by atoms with van der Waals surface area (Å²) >= 11 is 0. The largest absolute Gasteiger partial charge is 0.573 e. The number of halogens is 8. The van der Waals surface area contributed by atoms with Crippen LogP contribution in [-0.4, -0.2) is 83.3 Å². The Bertz CT molecular complexity index is 2210. The van der Waals surface area contributed by atoms with Gasteiger partial charge in [-0.15, -0.1) is 13.2 Å². The molecule has 2 amide bonds. The fourth-order valence-electron chi connectivity index (χ4n) is 5.83. The summed E-state index contributed by atoms with van der Waals surface area (Å²) in [6.07, 6.45) is -7.63. The SMILES string of the molecule is CCCC(C)N(C[C@@H]1Nc2nc(OS(=O)(=O)C(F)(F)F)c(C)c3c(F)c(-c4cc(NC(=O)OC(C)(C)C)cc(F)c4OC(F)(F)F)nc(c23)OC1C)C(=O)OC(C)(C)C. The molecule has 0 saturated carbocycles. The molecule has 0 saturated heterocycles. The van der Waals surface area contributed by atoms with Crippen LogP contribution in [-0.2, 0) is 19.6 Å². The lowest BCUT2D eigenvalue weighted by Gasteiger charge is -2.35. The molecule has 2 unspecified atom stereocenters. The molecule has 0 aliphatic carbocycles. The highest BCUT2D eigenvalue weighted by molar-refractivity contribution is 7.88. The van der Waals surface area contributed by atoms with Crippen LogP contribution in [0.3, 0.4) is 0 Å². The van der Waals surface area contributed by atoms with E-state index in [2.05, 4.69) is 29.5 Å². The van der Waals surface area contributed by atoms with Crippen molar-refractivity contribution in [2.24, 2.45) is 0 Å². The molecule has 1 aliphatic heterocycles. The average molecular weight is 874 g/mol. The van der Waals surface area contributed by atoms with E-state index in [9.17, 15) is 44.3 Å². The summed E-state index contributed by atoms with van der Waals surface area (Å²) in [5, 5.41) is 3.67. The normalized spacial score (nSPS) is 16.6. The Morgan fingerprint density at radius 3 is 2.14 bits per heavy atom. The number of aromatic nitrogens is 2. The summed E-state index contributed by atoms with van der Waals surface area (Å²) < 4.78 is 164. The molecule has 3 aromatic rings. The van der Waals surface area contributed by atoms with Crippen molar-refractivity contribution >= 4 is 44.6 Å². The molecule has 59 heavy (non-hydrogen) atoms. The van der Waals surface area contributed by atoms with Crippen LogP contribution in [0.5, 0.6) is 17.5 Å². The summed E-state index contributed by atoms with van der Waals surface area (Å²) in [6.45, 7) is 14.9. The second kappa shape index (κ2) is 16.5. The topological polar surface area (TPSA) is 168 Å². The van der Waals surface area contributed by atoms with E-state index in [1.807, 2.05) is 6.92 Å². The lowest BCUT2D eigenvalue weighted by Crippen LogP contribution is -2.51. The number of ether oxygens (including phenoxy) is 4. The zero-order valence-electron chi connectivity index (χ0n) is 33.5. The van der Waals surface area contributed by atoms with Crippen molar-refractivity contribution in [1.29, 1.82) is 0 Å². The molecule has 3 heterocycles. The van der Waals surface area contributed by atoms with E-state index >= 15 is 8.78 Å².